The van der Waals surface area contributed by atoms with Crippen LogP contribution in [0, 0.1) is 19.3 Å². The molecule has 0 spiro atoms. The van der Waals surface area contributed by atoms with Crippen LogP contribution in [-0.4, -0.2) is 35.8 Å². The summed E-state index contributed by atoms with van der Waals surface area (Å²) in [5.41, 5.74) is 6.06. The van der Waals surface area contributed by atoms with Crippen molar-refractivity contribution in [2.45, 2.75) is 59.7 Å². The summed E-state index contributed by atoms with van der Waals surface area (Å²) in [5.74, 6) is 0.407. The Kier molecular flexibility index (Phi) is 10.8. The average Bonchev–Trinajstić information content (AvgIpc) is 2.90. The first-order valence-electron chi connectivity index (χ1n) is 13.5. The summed E-state index contributed by atoms with van der Waals surface area (Å²) in [7, 11) is 0. The van der Waals surface area contributed by atoms with Gasteiger partial charge in [0.25, 0.3) is 0 Å². The van der Waals surface area contributed by atoms with Crippen LogP contribution in [0.3, 0.4) is 0 Å². The van der Waals surface area contributed by atoms with Crippen LogP contribution in [-0.2, 0) is 6.54 Å². The van der Waals surface area contributed by atoms with Gasteiger partial charge in [0.2, 0.25) is 0 Å². The van der Waals surface area contributed by atoms with E-state index in [1.165, 1.54) is 5.56 Å². The number of unbranched alkanes of at least 4 members (excludes halogenated alkanes) is 1. The second-order valence-corrected chi connectivity index (χ2v) is 10.9. The van der Waals surface area contributed by atoms with Crippen molar-refractivity contribution in [3.8, 4) is 6.01 Å². The van der Waals surface area contributed by atoms with Crippen molar-refractivity contribution in [3.63, 3.8) is 0 Å². The Morgan fingerprint density at radius 2 is 1.62 bits per heavy atom. The molecule has 0 fully saturated rings. The molecule has 0 amide bonds. The number of ether oxygens (including phenoxy) is 1. The van der Waals surface area contributed by atoms with Crippen LogP contribution >= 0.6 is 0 Å². The van der Waals surface area contributed by atoms with Gasteiger partial charge >= 0.3 is 12.2 Å². The molecule has 0 unspecified atom stereocenters. The average molecular weight is 556 g/mol. The van der Waals surface area contributed by atoms with Gasteiger partial charge in [-0.2, -0.15) is 18.2 Å². The Hall–Kier alpha value is -3.75. The Labute approximate surface area is 235 Å². The highest BCUT2D eigenvalue weighted by molar-refractivity contribution is 5.61. The number of rotatable bonds is 15. The van der Waals surface area contributed by atoms with Gasteiger partial charge in [0, 0.05) is 42.8 Å². The molecule has 3 aromatic rings. The zero-order valence-corrected chi connectivity index (χ0v) is 23.8. The standard InChI is InChI=1S/C31H40F3N5O/c1-22-8-12-26(13-9-22)24(3)37-20-30(4,5)16-6-7-17-35-27-14-10-25(11-15-27)19-36-28-18-23(2)38-29(39-28)40-21-31(32,33)34/h8-15,18,35,37H,3,6-7,16-17,19-21H2,1-2,4-5H3,(H,36,38,39). The SMILES string of the molecule is C=C(NCC(C)(C)CCCCNc1ccc(CNc2cc(C)nc(OCC(F)(F)F)n2)cc1)c1ccc(C)cc1. The van der Waals surface area contributed by atoms with E-state index in [2.05, 4.69) is 82.3 Å². The van der Waals surface area contributed by atoms with Crippen LogP contribution in [0.4, 0.5) is 24.7 Å². The Morgan fingerprint density at radius 1 is 0.925 bits per heavy atom. The van der Waals surface area contributed by atoms with Crippen LogP contribution in [0.1, 0.15) is 55.5 Å². The minimum Gasteiger partial charge on any atom is -0.454 e. The fourth-order valence-corrected chi connectivity index (χ4v) is 4.03. The van der Waals surface area contributed by atoms with Gasteiger partial charge in [-0.1, -0.05) is 68.8 Å². The lowest BCUT2D eigenvalue weighted by molar-refractivity contribution is -0.154. The molecule has 0 saturated heterocycles. The Morgan fingerprint density at radius 3 is 2.30 bits per heavy atom. The van der Waals surface area contributed by atoms with Crippen LogP contribution < -0.4 is 20.7 Å². The molecule has 0 bridgehead atoms. The molecule has 0 atom stereocenters. The maximum Gasteiger partial charge on any atom is 0.422 e. The molecular formula is C31H40F3N5O. The maximum atomic E-state index is 12.4. The van der Waals surface area contributed by atoms with Gasteiger partial charge in [-0.25, -0.2) is 4.98 Å². The molecule has 3 rings (SSSR count). The van der Waals surface area contributed by atoms with Crippen molar-refractivity contribution in [2.24, 2.45) is 5.41 Å². The predicted octanol–water partition coefficient (Wildman–Crippen LogP) is 7.52. The summed E-state index contributed by atoms with van der Waals surface area (Å²) < 4.78 is 41.9. The van der Waals surface area contributed by atoms with Crippen LogP contribution in [0.5, 0.6) is 6.01 Å². The third-order valence-corrected chi connectivity index (χ3v) is 6.42. The number of hydrogen-bond donors (Lipinski definition) is 3. The summed E-state index contributed by atoms with van der Waals surface area (Å²) in [5, 5.41) is 10.1. The zero-order chi connectivity index (χ0) is 29.2. The minimum atomic E-state index is -4.44. The molecule has 216 valence electrons. The first-order chi connectivity index (χ1) is 18.9. The van der Waals surface area contributed by atoms with Crippen molar-refractivity contribution in [1.82, 2.24) is 15.3 Å². The van der Waals surface area contributed by atoms with Crippen molar-refractivity contribution >= 4 is 17.2 Å². The number of anilines is 2. The lowest BCUT2D eigenvalue weighted by Crippen LogP contribution is -2.28. The van der Waals surface area contributed by atoms with E-state index in [9.17, 15) is 13.2 Å². The number of hydrogen-bond acceptors (Lipinski definition) is 6. The summed E-state index contributed by atoms with van der Waals surface area (Å²) >= 11 is 0. The largest absolute Gasteiger partial charge is 0.454 e. The molecule has 0 saturated carbocycles. The van der Waals surface area contributed by atoms with Crippen molar-refractivity contribution in [1.29, 1.82) is 0 Å². The summed E-state index contributed by atoms with van der Waals surface area (Å²) in [6.07, 6.45) is -1.15. The van der Waals surface area contributed by atoms with Gasteiger partial charge in [0.15, 0.2) is 6.61 Å². The molecular weight excluding hydrogens is 515 g/mol. The number of nitrogens with one attached hydrogen (secondary N) is 3. The van der Waals surface area contributed by atoms with E-state index in [1.807, 2.05) is 24.3 Å². The second-order valence-electron chi connectivity index (χ2n) is 10.9. The van der Waals surface area contributed by atoms with Crippen LogP contribution in [0.25, 0.3) is 5.70 Å². The van der Waals surface area contributed by atoms with E-state index in [0.29, 0.717) is 18.1 Å². The van der Waals surface area contributed by atoms with Gasteiger partial charge in [-0.3, -0.25) is 0 Å². The second kappa shape index (κ2) is 14.1. The number of halogens is 3. The third kappa shape index (κ3) is 11.2. The van der Waals surface area contributed by atoms with E-state index in [4.69, 9.17) is 0 Å². The molecule has 0 aliphatic rings. The fraction of sp³-hybridized carbons (Fsp3) is 0.419. The minimum absolute atomic E-state index is 0.162. The highest BCUT2D eigenvalue weighted by Crippen LogP contribution is 2.24. The first-order valence-corrected chi connectivity index (χ1v) is 13.5. The van der Waals surface area contributed by atoms with Gasteiger partial charge in [0.1, 0.15) is 5.82 Å². The number of aromatic nitrogens is 2. The number of alkyl halides is 3. The molecule has 1 aromatic heterocycles. The Bertz CT molecular complexity index is 1230. The van der Waals surface area contributed by atoms with Gasteiger partial charge in [0.05, 0.1) is 0 Å². The lowest BCUT2D eigenvalue weighted by atomic mass is 9.87. The highest BCUT2D eigenvalue weighted by atomic mass is 19.4. The molecule has 6 nitrogen and oxygen atoms in total. The van der Waals surface area contributed by atoms with Crippen LogP contribution in [0.15, 0.2) is 61.2 Å². The smallest absolute Gasteiger partial charge is 0.422 e. The van der Waals surface area contributed by atoms with Gasteiger partial charge in [-0.05, 0) is 55.4 Å². The number of benzene rings is 2. The van der Waals surface area contributed by atoms with E-state index in [0.717, 1.165) is 54.9 Å². The van der Waals surface area contributed by atoms with Crippen molar-refractivity contribution in [3.05, 3.63) is 83.6 Å². The molecule has 9 heteroatoms. The molecule has 0 aliphatic heterocycles. The third-order valence-electron chi connectivity index (χ3n) is 6.42. The molecule has 0 radical (unpaired) electrons. The summed E-state index contributed by atoms with van der Waals surface area (Å²) in [6.45, 7) is 13.3. The van der Waals surface area contributed by atoms with E-state index < -0.39 is 12.8 Å². The summed E-state index contributed by atoms with van der Waals surface area (Å²) in [6, 6.07) is 17.8. The Balaban J connectivity index is 1.35. The normalized spacial score (nSPS) is 11.7. The molecule has 1 heterocycles. The van der Waals surface area contributed by atoms with E-state index in [-0.39, 0.29) is 11.4 Å². The summed E-state index contributed by atoms with van der Waals surface area (Å²) in [4.78, 5) is 7.92. The number of nitrogens with zero attached hydrogens (tertiary/aromatic N) is 2. The fourth-order valence-electron chi connectivity index (χ4n) is 4.03. The number of aryl methyl sites for hydroxylation is 2. The van der Waals surface area contributed by atoms with Crippen LogP contribution in [0.2, 0.25) is 0 Å². The van der Waals surface area contributed by atoms with E-state index in [1.54, 1.807) is 13.0 Å². The van der Waals surface area contributed by atoms with Crippen molar-refractivity contribution in [2.75, 3.05) is 30.3 Å². The molecule has 0 aliphatic carbocycles. The monoisotopic (exact) mass is 555 g/mol. The zero-order valence-electron chi connectivity index (χ0n) is 23.8. The highest BCUT2D eigenvalue weighted by Gasteiger charge is 2.29. The predicted molar refractivity (Wildman–Crippen MR) is 156 cm³/mol. The van der Waals surface area contributed by atoms with Crippen molar-refractivity contribution < 1.29 is 17.9 Å². The molecule has 3 N–H and O–H groups in total. The maximum absolute atomic E-state index is 12.4. The quantitative estimate of drug-likeness (QED) is 0.169. The molecule has 2 aromatic carbocycles. The van der Waals surface area contributed by atoms with E-state index >= 15 is 0 Å². The molecule has 40 heavy (non-hydrogen) atoms. The van der Waals surface area contributed by atoms with Gasteiger partial charge < -0.3 is 20.7 Å². The topological polar surface area (TPSA) is 71.1 Å². The lowest BCUT2D eigenvalue weighted by Gasteiger charge is -2.26. The first kappa shape index (κ1) is 30.8. The van der Waals surface area contributed by atoms with Gasteiger partial charge in [-0.15, -0.1) is 0 Å².